The van der Waals surface area contributed by atoms with Crippen LogP contribution in [-0.2, 0) is 5.41 Å². The maximum Gasteiger partial charge on any atom is 0.251 e. The molecule has 1 aliphatic rings. The van der Waals surface area contributed by atoms with Gasteiger partial charge in [0, 0.05) is 30.3 Å². The molecule has 0 aromatic carbocycles. The van der Waals surface area contributed by atoms with Gasteiger partial charge in [-0.2, -0.15) is 0 Å². The predicted molar refractivity (Wildman–Crippen MR) is 86.7 cm³/mol. The topological polar surface area (TPSA) is 54.0 Å². The molecule has 1 atom stereocenters. The van der Waals surface area contributed by atoms with E-state index in [0.717, 1.165) is 18.1 Å². The Bertz CT molecular complexity index is 543. The molecule has 1 amide bonds. The van der Waals surface area contributed by atoms with E-state index in [4.69, 9.17) is 0 Å². The maximum absolute atomic E-state index is 12.4. The minimum absolute atomic E-state index is 0.0119. The van der Waals surface area contributed by atoms with Crippen molar-refractivity contribution in [3.8, 4) is 0 Å². The minimum atomic E-state index is -0.0830. The van der Waals surface area contributed by atoms with Crippen molar-refractivity contribution >= 4 is 11.7 Å². The number of nitrogens with zero attached hydrogens (tertiary/aromatic N) is 1. The van der Waals surface area contributed by atoms with Crippen molar-refractivity contribution in [2.24, 2.45) is 11.3 Å². The summed E-state index contributed by atoms with van der Waals surface area (Å²) >= 11 is 0. The second-order valence-electron chi connectivity index (χ2n) is 7.73. The van der Waals surface area contributed by atoms with Gasteiger partial charge in [0.2, 0.25) is 0 Å². The van der Waals surface area contributed by atoms with Gasteiger partial charge in [-0.05, 0) is 29.9 Å². The SMILES string of the molecule is CNc1cc(C(=O)NCC2CC2(C)C)cc(C(C)(C)C)n1. The molecule has 21 heavy (non-hydrogen) atoms. The summed E-state index contributed by atoms with van der Waals surface area (Å²) in [6.07, 6.45) is 1.19. The van der Waals surface area contributed by atoms with Crippen molar-refractivity contribution in [1.82, 2.24) is 10.3 Å². The molecule has 2 N–H and O–H groups in total. The summed E-state index contributed by atoms with van der Waals surface area (Å²) in [5, 5.41) is 6.09. The number of aromatic nitrogens is 1. The van der Waals surface area contributed by atoms with Crippen LogP contribution < -0.4 is 10.6 Å². The van der Waals surface area contributed by atoms with E-state index in [2.05, 4.69) is 50.2 Å². The molecule has 1 unspecified atom stereocenters. The number of carbonyl (C=O) groups excluding carboxylic acids is 1. The molecular weight excluding hydrogens is 262 g/mol. The average molecular weight is 289 g/mol. The molecule has 1 aromatic rings. The fourth-order valence-electron chi connectivity index (χ4n) is 2.42. The van der Waals surface area contributed by atoms with Gasteiger partial charge in [0.05, 0.1) is 0 Å². The van der Waals surface area contributed by atoms with E-state index in [1.165, 1.54) is 6.42 Å². The zero-order chi connectivity index (χ0) is 15.8. The standard InChI is InChI=1S/C17H27N3O/c1-16(2,3)13-7-11(8-14(18-6)20-13)15(21)19-10-12-9-17(12,4)5/h7-8,12H,9-10H2,1-6H3,(H,18,20)(H,19,21). The van der Waals surface area contributed by atoms with Crippen molar-refractivity contribution in [2.45, 2.75) is 46.5 Å². The average Bonchev–Trinajstić information content (AvgIpc) is 3.02. The highest BCUT2D eigenvalue weighted by atomic mass is 16.1. The third-order valence-corrected chi connectivity index (χ3v) is 4.34. The Labute approximate surface area is 127 Å². The van der Waals surface area contributed by atoms with Crippen LogP contribution in [0.1, 0.15) is 57.1 Å². The van der Waals surface area contributed by atoms with Gasteiger partial charge in [-0.3, -0.25) is 4.79 Å². The van der Waals surface area contributed by atoms with E-state index in [1.54, 1.807) is 0 Å². The van der Waals surface area contributed by atoms with Crippen LogP contribution in [0.3, 0.4) is 0 Å². The first-order valence-electron chi connectivity index (χ1n) is 7.62. The number of pyridine rings is 1. The Balaban J connectivity index is 2.12. The largest absolute Gasteiger partial charge is 0.373 e. The molecule has 1 aliphatic carbocycles. The third kappa shape index (κ3) is 3.74. The van der Waals surface area contributed by atoms with E-state index < -0.39 is 0 Å². The number of hydrogen-bond acceptors (Lipinski definition) is 3. The van der Waals surface area contributed by atoms with Crippen LogP contribution in [0.4, 0.5) is 5.82 Å². The molecule has 0 aliphatic heterocycles. The number of hydrogen-bond donors (Lipinski definition) is 2. The van der Waals surface area contributed by atoms with Gasteiger partial charge in [-0.15, -0.1) is 0 Å². The Morgan fingerprint density at radius 1 is 1.38 bits per heavy atom. The summed E-state index contributed by atoms with van der Waals surface area (Å²) in [6, 6.07) is 3.71. The first-order valence-corrected chi connectivity index (χ1v) is 7.62. The molecular formula is C17H27N3O. The van der Waals surface area contributed by atoms with Crippen molar-refractivity contribution < 1.29 is 4.79 Å². The third-order valence-electron chi connectivity index (χ3n) is 4.34. The van der Waals surface area contributed by atoms with Crippen LogP contribution in [0, 0.1) is 11.3 Å². The summed E-state index contributed by atoms with van der Waals surface area (Å²) in [4.78, 5) is 16.9. The molecule has 4 heteroatoms. The molecule has 1 aromatic heterocycles. The molecule has 1 heterocycles. The van der Waals surface area contributed by atoms with Gasteiger partial charge < -0.3 is 10.6 Å². The van der Waals surface area contributed by atoms with E-state index >= 15 is 0 Å². The maximum atomic E-state index is 12.4. The Morgan fingerprint density at radius 3 is 2.48 bits per heavy atom. The van der Waals surface area contributed by atoms with Gasteiger partial charge in [0.15, 0.2) is 0 Å². The summed E-state index contributed by atoms with van der Waals surface area (Å²) in [7, 11) is 1.82. The van der Waals surface area contributed by atoms with Gasteiger partial charge in [0.1, 0.15) is 5.82 Å². The zero-order valence-corrected chi connectivity index (χ0v) is 14.0. The Hall–Kier alpha value is -1.58. The highest BCUT2D eigenvalue weighted by Gasteiger charge is 2.45. The molecule has 116 valence electrons. The summed E-state index contributed by atoms with van der Waals surface area (Å²) in [5.41, 5.74) is 1.91. The lowest BCUT2D eigenvalue weighted by atomic mass is 9.90. The number of carbonyl (C=O) groups is 1. The lowest BCUT2D eigenvalue weighted by Crippen LogP contribution is -2.27. The van der Waals surface area contributed by atoms with Gasteiger partial charge in [-0.1, -0.05) is 34.6 Å². The second kappa shape index (κ2) is 5.32. The van der Waals surface area contributed by atoms with Crippen molar-refractivity contribution in [1.29, 1.82) is 0 Å². The molecule has 0 saturated heterocycles. The van der Waals surface area contributed by atoms with E-state index in [1.807, 2.05) is 19.2 Å². The van der Waals surface area contributed by atoms with E-state index in [0.29, 0.717) is 16.9 Å². The zero-order valence-electron chi connectivity index (χ0n) is 14.0. The number of amides is 1. The van der Waals surface area contributed by atoms with Crippen LogP contribution in [-0.4, -0.2) is 24.5 Å². The van der Waals surface area contributed by atoms with Crippen LogP contribution >= 0.6 is 0 Å². The highest BCUT2D eigenvalue weighted by molar-refractivity contribution is 5.95. The molecule has 0 spiro atoms. The molecule has 0 radical (unpaired) electrons. The van der Waals surface area contributed by atoms with Gasteiger partial charge in [-0.25, -0.2) is 4.98 Å². The minimum Gasteiger partial charge on any atom is -0.373 e. The molecule has 2 rings (SSSR count). The first kappa shape index (κ1) is 15.8. The normalized spacial score (nSPS) is 20.0. The van der Waals surface area contributed by atoms with Crippen LogP contribution in [0.25, 0.3) is 0 Å². The van der Waals surface area contributed by atoms with Gasteiger partial charge >= 0.3 is 0 Å². The lowest BCUT2D eigenvalue weighted by molar-refractivity contribution is 0.0950. The highest BCUT2D eigenvalue weighted by Crippen LogP contribution is 2.50. The number of nitrogens with one attached hydrogen (secondary N) is 2. The van der Waals surface area contributed by atoms with Crippen molar-refractivity contribution in [3.63, 3.8) is 0 Å². The smallest absolute Gasteiger partial charge is 0.251 e. The quantitative estimate of drug-likeness (QED) is 0.895. The Morgan fingerprint density at radius 2 is 2.00 bits per heavy atom. The van der Waals surface area contributed by atoms with Crippen molar-refractivity contribution in [3.05, 3.63) is 23.4 Å². The summed E-state index contributed by atoms with van der Waals surface area (Å²) in [5.74, 6) is 1.33. The Kier molecular flexibility index (Phi) is 4.00. The van der Waals surface area contributed by atoms with E-state index in [9.17, 15) is 4.79 Å². The lowest BCUT2D eigenvalue weighted by Gasteiger charge is -2.19. The van der Waals surface area contributed by atoms with Crippen molar-refractivity contribution in [2.75, 3.05) is 18.9 Å². The monoisotopic (exact) mass is 289 g/mol. The van der Waals surface area contributed by atoms with E-state index in [-0.39, 0.29) is 11.3 Å². The first-order chi connectivity index (χ1) is 9.63. The molecule has 1 fully saturated rings. The van der Waals surface area contributed by atoms with Crippen LogP contribution in [0.2, 0.25) is 0 Å². The number of rotatable bonds is 4. The molecule has 4 nitrogen and oxygen atoms in total. The second-order valence-corrected chi connectivity index (χ2v) is 7.73. The molecule has 1 saturated carbocycles. The number of anilines is 1. The van der Waals surface area contributed by atoms with Gasteiger partial charge in [0.25, 0.3) is 5.91 Å². The predicted octanol–water partition coefficient (Wildman–Crippen LogP) is 3.20. The summed E-state index contributed by atoms with van der Waals surface area (Å²) < 4.78 is 0. The molecule has 0 bridgehead atoms. The fraction of sp³-hybridized carbons (Fsp3) is 0.647. The van der Waals surface area contributed by atoms with Crippen LogP contribution in [0.5, 0.6) is 0 Å². The summed E-state index contributed by atoms with van der Waals surface area (Å²) in [6.45, 7) is 11.5. The fourth-order valence-corrected chi connectivity index (χ4v) is 2.42. The van der Waals surface area contributed by atoms with Crippen LogP contribution in [0.15, 0.2) is 12.1 Å².